The van der Waals surface area contributed by atoms with Gasteiger partial charge in [-0.05, 0) is 43.9 Å². The van der Waals surface area contributed by atoms with Gasteiger partial charge in [0.1, 0.15) is 10.6 Å². The second-order valence-corrected chi connectivity index (χ2v) is 7.11. The topological polar surface area (TPSA) is 69.7 Å². The van der Waals surface area contributed by atoms with E-state index in [1.54, 1.807) is 6.92 Å². The molecule has 0 N–H and O–H groups in total. The van der Waals surface area contributed by atoms with Gasteiger partial charge >= 0.3 is 5.97 Å². The van der Waals surface area contributed by atoms with Crippen LogP contribution >= 0.6 is 10.7 Å². The summed E-state index contributed by atoms with van der Waals surface area (Å²) in [5.41, 5.74) is 0.147. The van der Waals surface area contributed by atoms with E-state index in [1.165, 1.54) is 18.2 Å². The maximum Gasteiger partial charge on any atom is 0.338 e. The Hall–Kier alpha value is -1.27. The third-order valence-electron chi connectivity index (χ3n) is 2.89. The molecule has 0 amide bonds. The normalized spacial score (nSPS) is 14.9. The fourth-order valence-corrected chi connectivity index (χ4v) is 2.66. The Morgan fingerprint density at radius 3 is 2.65 bits per heavy atom. The van der Waals surface area contributed by atoms with E-state index >= 15 is 0 Å². The van der Waals surface area contributed by atoms with Crippen LogP contribution in [0.5, 0.6) is 5.75 Å². The van der Waals surface area contributed by atoms with Crippen LogP contribution in [0.2, 0.25) is 0 Å². The number of carbonyl (C=O) groups excluding carboxylic acids is 1. The fraction of sp³-hybridized carbons (Fsp3) is 0.462. The molecule has 0 saturated heterocycles. The summed E-state index contributed by atoms with van der Waals surface area (Å²) in [5.74, 6) is 0.0145. The molecule has 0 radical (unpaired) electrons. The van der Waals surface area contributed by atoms with Crippen molar-refractivity contribution in [3.63, 3.8) is 0 Å². The van der Waals surface area contributed by atoms with E-state index in [0.29, 0.717) is 19.1 Å². The summed E-state index contributed by atoms with van der Waals surface area (Å²) < 4.78 is 33.3. The average molecular weight is 319 g/mol. The quantitative estimate of drug-likeness (QED) is 0.595. The first-order valence-corrected chi connectivity index (χ1v) is 8.61. The Morgan fingerprint density at radius 1 is 1.40 bits per heavy atom. The van der Waals surface area contributed by atoms with Gasteiger partial charge in [-0.25, -0.2) is 13.2 Å². The van der Waals surface area contributed by atoms with Crippen LogP contribution < -0.4 is 4.74 Å². The first kappa shape index (κ1) is 15.1. The summed E-state index contributed by atoms with van der Waals surface area (Å²) in [4.78, 5) is 11.6. The van der Waals surface area contributed by atoms with Crippen LogP contribution in [0, 0.1) is 5.92 Å². The molecule has 0 aromatic heterocycles. The SMILES string of the molecule is CCOc1ccc(C(=O)OCC2CC2)cc1S(=O)(=O)Cl. The summed E-state index contributed by atoms with van der Waals surface area (Å²) in [7, 11) is 1.36. The Bertz CT molecular complexity index is 607. The molecule has 1 fully saturated rings. The second kappa shape index (κ2) is 6.01. The van der Waals surface area contributed by atoms with E-state index in [4.69, 9.17) is 20.2 Å². The smallest absolute Gasteiger partial charge is 0.338 e. The van der Waals surface area contributed by atoms with Crippen LogP contribution in [-0.2, 0) is 13.8 Å². The van der Waals surface area contributed by atoms with Crippen LogP contribution in [-0.4, -0.2) is 27.6 Å². The number of esters is 1. The Morgan fingerprint density at radius 2 is 2.10 bits per heavy atom. The highest BCUT2D eigenvalue weighted by molar-refractivity contribution is 8.13. The van der Waals surface area contributed by atoms with Crippen LogP contribution in [0.3, 0.4) is 0 Å². The number of benzene rings is 1. The number of hydrogen-bond donors (Lipinski definition) is 0. The van der Waals surface area contributed by atoms with Crippen molar-refractivity contribution in [3.05, 3.63) is 23.8 Å². The van der Waals surface area contributed by atoms with E-state index in [2.05, 4.69) is 0 Å². The first-order chi connectivity index (χ1) is 9.41. The molecule has 1 aromatic rings. The van der Waals surface area contributed by atoms with Gasteiger partial charge in [-0.15, -0.1) is 0 Å². The molecule has 110 valence electrons. The fourth-order valence-electron chi connectivity index (χ4n) is 1.66. The lowest BCUT2D eigenvalue weighted by molar-refractivity contribution is 0.0486. The molecule has 1 saturated carbocycles. The van der Waals surface area contributed by atoms with Gasteiger partial charge in [0, 0.05) is 10.7 Å². The molecule has 1 aliphatic carbocycles. The van der Waals surface area contributed by atoms with Gasteiger partial charge in [0.05, 0.1) is 18.8 Å². The predicted octanol–water partition coefficient (Wildman–Crippen LogP) is 2.58. The third kappa shape index (κ3) is 3.86. The van der Waals surface area contributed by atoms with Gasteiger partial charge in [0.15, 0.2) is 0 Å². The van der Waals surface area contributed by atoms with E-state index in [0.717, 1.165) is 12.8 Å². The summed E-state index contributed by atoms with van der Waals surface area (Å²) in [6.45, 7) is 2.39. The van der Waals surface area contributed by atoms with E-state index < -0.39 is 15.0 Å². The van der Waals surface area contributed by atoms with Crippen molar-refractivity contribution >= 4 is 25.7 Å². The minimum atomic E-state index is -3.99. The molecule has 7 heteroatoms. The molecule has 1 aliphatic rings. The second-order valence-electron chi connectivity index (χ2n) is 4.57. The Balaban J connectivity index is 2.23. The number of rotatable bonds is 6. The van der Waals surface area contributed by atoms with E-state index in [9.17, 15) is 13.2 Å². The summed E-state index contributed by atoms with van der Waals surface area (Å²) in [6, 6.07) is 4.06. The molecule has 5 nitrogen and oxygen atoms in total. The van der Waals surface area contributed by atoms with Crippen LogP contribution in [0.4, 0.5) is 0 Å². The predicted molar refractivity (Wildman–Crippen MR) is 73.7 cm³/mol. The minimum Gasteiger partial charge on any atom is -0.492 e. The van der Waals surface area contributed by atoms with Gasteiger partial charge in [-0.3, -0.25) is 0 Å². The number of halogens is 1. The largest absolute Gasteiger partial charge is 0.492 e. The van der Waals surface area contributed by atoms with Gasteiger partial charge in [0.25, 0.3) is 9.05 Å². The molecule has 0 heterocycles. The zero-order valence-electron chi connectivity index (χ0n) is 11.0. The summed E-state index contributed by atoms with van der Waals surface area (Å²) in [5, 5.41) is 0. The molecule has 0 aliphatic heterocycles. The molecule has 1 aromatic carbocycles. The number of ether oxygens (including phenoxy) is 2. The molecule has 0 atom stereocenters. The van der Waals surface area contributed by atoms with E-state index in [-0.39, 0.29) is 16.2 Å². The molecular weight excluding hydrogens is 304 g/mol. The van der Waals surface area contributed by atoms with Gasteiger partial charge in [0.2, 0.25) is 0 Å². The van der Waals surface area contributed by atoms with Gasteiger partial charge in [-0.1, -0.05) is 0 Å². The standard InChI is InChI=1S/C13H15ClO5S/c1-2-18-11-6-5-10(7-12(11)20(14,16)17)13(15)19-8-9-3-4-9/h5-7,9H,2-4,8H2,1H3. The van der Waals surface area contributed by atoms with Crippen molar-refractivity contribution in [2.24, 2.45) is 5.92 Å². The summed E-state index contributed by atoms with van der Waals surface area (Å²) in [6.07, 6.45) is 2.13. The number of carbonyl (C=O) groups is 1. The lowest BCUT2D eigenvalue weighted by Crippen LogP contribution is -2.09. The zero-order valence-corrected chi connectivity index (χ0v) is 12.5. The molecule has 0 bridgehead atoms. The van der Waals surface area contributed by atoms with Crippen molar-refractivity contribution in [1.82, 2.24) is 0 Å². The minimum absolute atomic E-state index is 0.126. The molecule has 2 rings (SSSR count). The lowest BCUT2D eigenvalue weighted by Gasteiger charge is -2.10. The molecule has 0 spiro atoms. The molecular formula is C13H15ClO5S. The van der Waals surface area contributed by atoms with Gasteiger partial charge in [-0.2, -0.15) is 0 Å². The van der Waals surface area contributed by atoms with Gasteiger partial charge < -0.3 is 9.47 Å². The van der Waals surface area contributed by atoms with Crippen molar-refractivity contribution in [2.75, 3.05) is 13.2 Å². The van der Waals surface area contributed by atoms with Crippen molar-refractivity contribution < 1.29 is 22.7 Å². The third-order valence-corrected chi connectivity index (χ3v) is 4.23. The highest BCUT2D eigenvalue weighted by Gasteiger charge is 2.24. The van der Waals surface area contributed by atoms with Crippen molar-refractivity contribution in [1.29, 1.82) is 0 Å². The van der Waals surface area contributed by atoms with Crippen molar-refractivity contribution in [3.8, 4) is 5.75 Å². The molecule has 20 heavy (non-hydrogen) atoms. The zero-order chi connectivity index (χ0) is 14.8. The van der Waals surface area contributed by atoms with Crippen LogP contribution in [0.15, 0.2) is 23.1 Å². The molecule has 0 unspecified atom stereocenters. The maximum absolute atomic E-state index is 11.8. The number of hydrogen-bond acceptors (Lipinski definition) is 5. The Labute approximate surface area is 122 Å². The van der Waals surface area contributed by atoms with Crippen LogP contribution in [0.1, 0.15) is 30.1 Å². The lowest BCUT2D eigenvalue weighted by atomic mass is 10.2. The maximum atomic E-state index is 11.8. The Kier molecular flexibility index (Phi) is 4.55. The average Bonchev–Trinajstić information content (AvgIpc) is 3.19. The van der Waals surface area contributed by atoms with E-state index in [1.807, 2.05) is 0 Å². The summed E-state index contributed by atoms with van der Waals surface area (Å²) >= 11 is 0. The highest BCUT2D eigenvalue weighted by atomic mass is 35.7. The monoisotopic (exact) mass is 318 g/mol. The van der Waals surface area contributed by atoms with Crippen molar-refractivity contribution in [2.45, 2.75) is 24.7 Å². The first-order valence-electron chi connectivity index (χ1n) is 6.30. The highest BCUT2D eigenvalue weighted by Crippen LogP contribution is 2.30. The van der Waals surface area contributed by atoms with Crippen LogP contribution in [0.25, 0.3) is 0 Å².